The Hall–Kier alpha value is -2.76. The van der Waals surface area contributed by atoms with Crippen molar-refractivity contribution in [1.29, 1.82) is 0 Å². The largest absolute Gasteiger partial charge is 0.343 e. The third-order valence-corrected chi connectivity index (χ3v) is 4.93. The summed E-state index contributed by atoms with van der Waals surface area (Å²) >= 11 is 0. The highest BCUT2D eigenvalue weighted by atomic mass is 16.1. The second kappa shape index (κ2) is 6.20. The normalized spacial score (nSPS) is 15.2. The lowest BCUT2D eigenvalue weighted by molar-refractivity contribution is 0.0931. The third-order valence-electron chi connectivity index (χ3n) is 4.93. The van der Waals surface area contributed by atoms with Crippen molar-refractivity contribution in [2.24, 2.45) is 5.92 Å². The smallest absolute Gasteiger partial charge is 0.257 e. The topological polar surface area (TPSA) is 72.2 Å². The molecule has 1 aliphatic rings. The SMILES string of the molecule is Cc1ccnc([C@H](NC(=O)c2c(C)nn3c(C)cc(C)nc23)C2CC2)c1. The number of nitrogens with zero attached hydrogens (tertiary/aromatic N) is 4. The summed E-state index contributed by atoms with van der Waals surface area (Å²) < 4.78 is 1.74. The van der Waals surface area contributed by atoms with E-state index < -0.39 is 0 Å². The van der Waals surface area contributed by atoms with Crippen molar-refractivity contribution in [1.82, 2.24) is 24.9 Å². The number of amides is 1. The Labute approximate surface area is 152 Å². The maximum atomic E-state index is 13.1. The maximum absolute atomic E-state index is 13.1. The molecule has 1 fully saturated rings. The zero-order chi connectivity index (χ0) is 18.4. The van der Waals surface area contributed by atoms with Crippen LogP contribution in [0.5, 0.6) is 0 Å². The Bertz CT molecular complexity index is 1000. The highest BCUT2D eigenvalue weighted by Crippen LogP contribution is 2.40. The first-order valence-electron chi connectivity index (χ1n) is 9.01. The number of aryl methyl sites for hydroxylation is 4. The molecule has 6 nitrogen and oxygen atoms in total. The van der Waals surface area contributed by atoms with Crippen LogP contribution in [0.15, 0.2) is 24.4 Å². The first-order valence-corrected chi connectivity index (χ1v) is 9.01. The quantitative estimate of drug-likeness (QED) is 0.785. The van der Waals surface area contributed by atoms with Crippen LogP contribution in [0.25, 0.3) is 5.65 Å². The summed E-state index contributed by atoms with van der Waals surface area (Å²) in [7, 11) is 0. The average Bonchev–Trinajstić information content (AvgIpc) is 3.35. The Balaban J connectivity index is 1.71. The van der Waals surface area contributed by atoms with Gasteiger partial charge in [-0.15, -0.1) is 0 Å². The van der Waals surface area contributed by atoms with Gasteiger partial charge in [-0.25, -0.2) is 9.50 Å². The van der Waals surface area contributed by atoms with Crippen LogP contribution in [-0.4, -0.2) is 25.5 Å². The van der Waals surface area contributed by atoms with Gasteiger partial charge in [0.1, 0.15) is 5.56 Å². The molecule has 26 heavy (non-hydrogen) atoms. The molecule has 3 aromatic rings. The van der Waals surface area contributed by atoms with Crippen molar-refractivity contribution in [3.8, 4) is 0 Å². The van der Waals surface area contributed by atoms with E-state index in [4.69, 9.17) is 0 Å². The van der Waals surface area contributed by atoms with Gasteiger partial charge in [-0.3, -0.25) is 9.78 Å². The molecule has 1 saturated carbocycles. The van der Waals surface area contributed by atoms with E-state index in [2.05, 4.69) is 26.4 Å². The molecule has 1 N–H and O–H groups in total. The van der Waals surface area contributed by atoms with Gasteiger partial charge in [0.2, 0.25) is 0 Å². The molecule has 3 aromatic heterocycles. The van der Waals surface area contributed by atoms with Crippen LogP contribution in [0.3, 0.4) is 0 Å². The molecule has 134 valence electrons. The third kappa shape index (κ3) is 2.96. The Morgan fingerprint density at radius 2 is 2.00 bits per heavy atom. The predicted octanol–water partition coefficient (Wildman–Crippen LogP) is 3.24. The molecule has 0 spiro atoms. The fraction of sp³-hybridized carbons (Fsp3) is 0.400. The van der Waals surface area contributed by atoms with Crippen LogP contribution in [0.2, 0.25) is 0 Å². The van der Waals surface area contributed by atoms with Crippen LogP contribution in [-0.2, 0) is 0 Å². The summed E-state index contributed by atoms with van der Waals surface area (Å²) in [6.07, 6.45) is 4.04. The van der Waals surface area contributed by atoms with E-state index in [0.29, 0.717) is 22.8 Å². The molecule has 1 aliphatic carbocycles. The Morgan fingerprint density at radius 1 is 1.23 bits per heavy atom. The predicted molar refractivity (Wildman–Crippen MR) is 99.1 cm³/mol. The summed E-state index contributed by atoms with van der Waals surface area (Å²) in [4.78, 5) is 22.2. The second-order valence-corrected chi connectivity index (χ2v) is 7.28. The van der Waals surface area contributed by atoms with Gasteiger partial charge in [0, 0.05) is 17.6 Å². The number of carbonyl (C=O) groups excluding carboxylic acids is 1. The zero-order valence-corrected chi connectivity index (χ0v) is 15.6. The zero-order valence-electron chi connectivity index (χ0n) is 15.6. The van der Waals surface area contributed by atoms with Crippen LogP contribution in [0, 0.1) is 33.6 Å². The van der Waals surface area contributed by atoms with Crippen molar-refractivity contribution in [2.75, 3.05) is 0 Å². The number of aromatic nitrogens is 4. The summed E-state index contributed by atoms with van der Waals surface area (Å²) in [6, 6.07) is 5.92. The van der Waals surface area contributed by atoms with E-state index in [1.165, 1.54) is 0 Å². The van der Waals surface area contributed by atoms with Crippen LogP contribution >= 0.6 is 0 Å². The van der Waals surface area contributed by atoms with E-state index >= 15 is 0 Å². The molecule has 0 aromatic carbocycles. The molecule has 0 saturated heterocycles. The van der Waals surface area contributed by atoms with Crippen molar-refractivity contribution >= 4 is 11.6 Å². The van der Waals surface area contributed by atoms with Gasteiger partial charge < -0.3 is 5.32 Å². The first-order chi connectivity index (χ1) is 12.4. The monoisotopic (exact) mass is 349 g/mol. The molecule has 1 atom stereocenters. The number of fused-ring (bicyclic) bond motifs is 1. The summed E-state index contributed by atoms with van der Waals surface area (Å²) in [6.45, 7) is 7.80. The molecule has 3 heterocycles. The number of hydrogen-bond acceptors (Lipinski definition) is 4. The minimum absolute atomic E-state index is 0.0670. The highest BCUT2D eigenvalue weighted by Gasteiger charge is 2.35. The first kappa shape index (κ1) is 16.7. The van der Waals surface area contributed by atoms with Gasteiger partial charge in [0.15, 0.2) is 5.65 Å². The Morgan fingerprint density at radius 3 is 2.69 bits per heavy atom. The molecule has 0 radical (unpaired) electrons. The summed E-state index contributed by atoms with van der Waals surface area (Å²) in [5.74, 6) is 0.321. The fourth-order valence-corrected chi connectivity index (χ4v) is 3.50. The number of carbonyl (C=O) groups is 1. The van der Waals surface area contributed by atoms with E-state index in [1.807, 2.05) is 39.8 Å². The van der Waals surface area contributed by atoms with Gasteiger partial charge in [0.05, 0.1) is 17.4 Å². The van der Waals surface area contributed by atoms with Crippen LogP contribution < -0.4 is 5.32 Å². The van der Waals surface area contributed by atoms with Crippen molar-refractivity contribution in [2.45, 2.75) is 46.6 Å². The standard InChI is InChI=1S/C20H23N5O/c1-11-7-8-21-16(9-11)18(15-5-6-15)23-20(26)17-14(4)24-25-13(3)10-12(2)22-19(17)25/h7-10,15,18H,5-6H2,1-4H3,(H,23,26)/t18-/m1/s1. The number of hydrogen-bond donors (Lipinski definition) is 1. The van der Waals surface area contributed by atoms with E-state index in [1.54, 1.807) is 10.7 Å². The number of pyridine rings is 1. The second-order valence-electron chi connectivity index (χ2n) is 7.28. The number of rotatable bonds is 4. The minimum Gasteiger partial charge on any atom is -0.343 e. The molecule has 4 rings (SSSR count). The van der Waals surface area contributed by atoms with Crippen molar-refractivity contribution in [3.05, 3.63) is 58.3 Å². The van der Waals surface area contributed by atoms with Gasteiger partial charge in [-0.1, -0.05) is 0 Å². The molecule has 1 amide bonds. The lowest BCUT2D eigenvalue weighted by Crippen LogP contribution is -2.31. The minimum atomic E-state index is -0.129. The lowest BCUT2D eigenvalue weighted by Gasteiger charge is -2.18. The molecular weight excluding hydrogens is 326 g/mol. The Kier molecular flexibility index (Phi) is 3.98. The van der Waals surface area contributed by atoms with Crippen LogP contribution in [0.1, 0.15) is 57.6 Å². The van der Waals surface area contributed by atoms with Gasteiger partial charge in [0.25, 0.3) is 5.91 Å². The molecule has 0 unspecified atom stereocenters. The average molecular weight is 349 g/mol. The molecule has 6 heteroatoms. The van der Waals surface area contributed by atoms with Gasteiger partial charge >= 0.3 is 0 Å². The highest BCUT2D eigenvalue weighted by molar-refractivity contribution is 6.01. The fourth-order valence-electron chi connectivity index (χ4n) is 3.50. The molecular formula is C20H23N5O. The lowest BCUT2D eigenvalue weighted by atomic mass is 10.1. The van der Waals surface area contributed by atoms with E-state index in [-0.39, 0.29) is 11.9 Å². The van der Waals surface area contributed by atoms with Crippen molar-refractivity contribution in [3.63, 3.8) is 0 Å². The molecule has 0 bridgehead atoms. The van der Waals surface area contributed by atoms with Gasteiger partial charge in [-0.05, 0) is 70.2 Å². The van der Waals surface area contributed by atoms with Crippen molar-refractivity contribution < 1.29 is 4.79 Å². The van der Waals surface area contributed by atoms with Crippen LogP contribution in [0.4, 0.5) is 0 Å². The maximum Gasteiger partial charge on any atom is 0.257 e. The number of nitrogens with one attached hydrogen (secondary N) is 1. The molecule has 0 aliphatic heterocycles. The van der Waals surface area contributed by atoms with Gasteiger partial charge in [-0.2, -0.15) is 5.10 Å². The van der Waals surface area contributed by atoms with E-state index in [9.17, 15) is 4.79 Å². The van der Waals surface area contributed by atoms with E-state index in [0.717, 1.165) is 35.5 Å². The summed E-state index contributed by atoms with van der Waals surface area (Å²) in [5, 5.41) is 7.71. The summed E-state index contributed by atoms with van der Waals surface area (Å²) in [5.41, 5.74) is 5.77.